The molecule has 0 radical (unpaired) electrons. The van der Waals surface area contributed by atoms with Crippen molar-refractivity contribution in [2.45, 2.75) is 32.6 Å². The van der Waals surface area contributed by atoms with Gasteiger partial charge in [0.25, 0.3) is 5.91 Å². The molecule has 0 spiro atoms. The van der Waals surface area contributed by atoms with Gasteiger partial charge in [-0.05, 0) is 37.7 Å². The number of halogens is 1. The SMILES string of the molecule is CCC1CCCC1=NNC(=O)c1sc2ccccc2c1Cl. The third-order valence-corrected chi connectivity index (χ3v) is 5.67. The molecule has 3 nitrogen and oxygen atoms in total. The second kappa shape index (κ2) is 6.16. The number of amides is 1. The van der Waals surface area contributed by atoms with E-state index in [-0.39, 0.29) is 5.91 Å². The van der Waals surface area contributed by atoms with Gasteiger partial charge < -0.3 is 0 Å². The minimum absolute atomic E-state index is 0.213. The van der Waals surface area contributed by atoms with Crippen molar-refractivity contribution in [1.29, 1.82) is 0 Å². The first-order valence-electron chi connectivity index (χ1n) is 7.24. The summed E-state index contributed by atoms with van der Waals surface area (Å²) in [6, 6.07) is 7.77. The predicted octanol–water partition coefficient (Wildman–Crippen LogP) is 4.85. The molecule has 1 heterocycles. The van der Waals surface area contributed by atoms with Gasteiger partial charge in [0, 0.05) is 15.8 Å². The Hall–Kier alpha value is -1.39. The van der Waals surface area contributed by atoms with Crippen LogP contribution in [0.5, 0.6) is 0 Å². The van der Waals surface area contributed by atoms with E-state index >= 15 is 0 Å². The lowest BCUT2D eigenvalue weighted by Crippen LogP contribution is -2.20. The van der Waals surface area contributed by atoms with E-state index < -0.39 is 0 Å². The number of rotatable bonds is 3. The van der Waals surface area contributed by atoms with Gasteiger partial charge in [-0.3, -0.25) is 4.79 Å². The van der Waals surface area contributed by atoms with Gasteiger partial charge in [-0.25, -0.2) is 5.43 Å². The normalized spacial score (nSPS) is 20.3. The van der Waals surface area contributed by atoms with Gasteiger partial charge in [0.2, 0.25) is 0 Å². The average molecular weight is 321 g/mol. The lowest BCUT2D eigenvalue weighted by atomic mass is 10.0. The van der Waals surface area contributed by atoms with Crippen molar-refractivity contribution in [3.8, 4) is 0 Å². The Kier molecular flexibility index (Phi) is 4.27. The average Bonchev–Trinajstić information content (AvgIpc) is 3.09. The van der Waals surface area contributed by atoms with E-state index in [0.717, 1.165) is 35.1 Å². The fourth-order valence-corrected chi connectivity index (χ4v) is 4.23. The molecule has 1 amide bonds. The molecular weight excluding hydrogens is 304 g/mol. The maximum absolute atomic E-state index is 12.3. The molecule has 2 aromatic rings. The Bertz CT molecular complexity index is 707. The van der Waals surface area contributed by atoms with Crippen LogP contribution in [0.1, 0.15) is 42.3 Å². The first-order chi connectivity index (χ1) is 10.2. The Labute approximate surface area is 133 Å². The van der Waals surface area contributed by atoms with Crippen LogP contribution in [0.4, 0.5) is 0 Å². The summed E-state index contributed by atoms with van der Waals surface area (Å²) >= 11 is 7.71. The number of thiophene rings is 1. The highest BCUT2D eigenvalue weighted by atomic mass is 35.5. The summed E-state index contributed by atoms with van der Waals surface area (Å²) in [4.78, 5) is 12.8. The van der Waals surface area contributed by atoms with Crippen LogP contribution in [-0.4, -0.2) is 11.6 Å². The van der Waals surface area contributed by atoms with Gasteiger partial charge in [0.15, 0.2) is 0 Å². The maximum atomic E-state index is 12.3. The Morgan fingerprint density at radius 3 is 3.05 bits per heavy atom. The van der Waals surface area contributed by atoms with Gasteiger partial charge in [0.1, 0.15) is 4.88 Å². The number of carbonyl (C=O) groups excluding carboxylic acids is 1. The molecule has 0 bridgehead atoms. The lowest BCUT2D eigenvalue weighted by Gasteiger charge is -2.07. The summed E-state index contributed by atoms with van der Waals surface area (Å²) < 4.78 is 1.02. The van der Waals surface area contributed by atoms with Crippen molar-refractivity contribution >= 4 is 44.6 Å². The molecular formula is C16H17ClN2OS. The molecule has 1 atom stereocenters. The molecule has 1 saturated carbocycles. The molecule has 0 aliphatic heterocycles. The number of nitrogens with zero attached hydrogens (tertiary/aromatic N) is 1. The van der Waals surface area contributed by atoms with Crippen molar-refractivity contribution in [2.24, 2.45) is 11.0 Å². The number of nitrogens with one attached hydrogen (secondary N) is 1. The van der Waals surface area contributed by atoms with Crippen LogP contribution in [0.25, 0.3) is 10.1 Å². The van der Waals surface area contributed by atoms with Crippen molar-refractivity contribution < 1.29 is 4.79 Å². The number of hydrogen-bond acceptors (Lipinski definition) is 3. The fraction of sp³-hybridized carbons (Fsp3) is 0.375. The number of hydrazone groups is 1. The molecule has 1 N–H and O–H groups in total. The Morgan fingerprint density at radius 2 is 2.29 bits per heavy atom. The molecule has 1 fully saturated rings. The molecule has 110 valence electrons. The Balaban J connectivity index is 1.81. The zero-order chi connectivity index (χ0) is 14.8. The molecule has 5 heteroatoms. The van der Waals surface area contributed by atoms with Gasteiger partial charge in [-0.1, -0.05) is 36.7 Å². The van der Waals surface area contributed by atoms with Crippen LogP contribution >= 0.6 is 22.9 Å². The van der Waals surface area contributed by atoms with Gasteiger partial charge in [0.05, 0.1) is 5.02 Å². The highest BCUT2D eigenvalue weighted by molar-refractivity contribution is 7.21. The monoisotopic (exact) mass is 320 g/mol. The van der Waals surface area contributed by atoms with Crippen LogP contribution in [0.2, 0.25) is 5.02 Å². The molecule has 21 heavy (non-hydrogen) atoms. The minimum atomic E-state index is -0.213. The quantitative estimate of drug-likeness (QED) is 0.807. The van der Waals surface area contributed by atoms with Gasteiger partial charge in [-0.15, -0.1) is 11.3 Å². The van der Waals surface area contributed by atoms with Crippen LogP contribution in [0.15, 0.2) is 29.4 Å². The summed E-state index contributed by atoms with van der Waals surface area (Å²) in [7, 11) is 0. The van der Waals surface area contributed by atoms with E-state index in [9.17, 15) is 4.79 Å². The van der Waals surface area contributed by atoms with E-state index in [1.807, 2.05) is 24.3 Å². The van der Waals surface area contributed by atoms with E-state index in [1.165, 1.54) is 17.8 Å². The van der Waals surface area contributed by atoms with Crippen molar-refractivity contribution in [1.82, 2.24) is 5.43 Å². The summed E-state index contributed by atoms with van der Waals surface area (Å²) in [5.74, 6) is 0.304. The van der Waals surface area contributed by atoms with Crippen molar-refractivity contribution in [3.63, 3.8) is 0 Å². The maximum Gasteiger partial charge on any atom is 0.283 e. The standard InChI is InChI=1S/C16H17ClN2OS/c1-2-10-6-5-8-12(10)18-19-16(20)15-14(17)11-7-3-4-9-13(11)21-15/h3-4,7,9-10H,2,5-6,8H2,1H3,(H,19,20). The molecule has 1 aromatic heterocycles. The highest BCUT2D eigenvalue weighted by Gasteiger charge is 2.22. The summed E-state index contributed by atoms with van der Waals surface area (Å²) in [5, 5.41) is 5.77. The number of carbonyl (C=O) groups is 1. The molecule has 0 saturated heterocycles. The third kappa shape index (κ3) is 2.83. The number of hydrogen-bond donors (Lipinski definition) is 1. The minimum Gasteiger partial charge on any atom is -0.266 e. The molecule has 1 aliphatic carbocycles. The summed E-state index contributed by atoms with van der Waals surface area (Å²) in [6.07, 6.45) is 4.41. The molecule has 1 unspecified atom stereocenters. The van der Waals surface area contributed by atoms with Crippen LogP contribution in [-0.2, 0) is 0 Å². The molecule has 1 aromatic carbocycles. The lowest BCUT2D eigenvalue weighted by molar-refractivity contribution is 0.0959. The molecule has 3 rings (SSSR count). The second-order valence-electron chi connectivity index (χ2n) is 5.28. The summed E-state index contributed by atoms with van der Waals surface area (Å²) in [6.45, 7) is 2.16. The first kappa shape index (κ1) is 14.5. The number of fused-ring (bicyclic) bond motifs is 1. The van der Waals surface area contributed by atoms with Gasteiger partial charge in [-0.2, -0.15) is 5.10 Å². The van der Waals surface area contributed by atoms with Crippen LogP contribution in [0, 0.1) is 5.92 Å². The fourth-order valence-electron chi connectivity index (χ4n) is 2.82. The zero-order valence-corrected chi connectivity index (χ0v) is 13.4. The van der Waals surface area contributed by atoms with Crippen LogP contribution < -0.4 is 5.43 Å². The number of benzene rings is 1. The van der Waals surface area contributed by atoms with Crippen LogP contribution in [0.3, 0.4) is 0 Å². The van der Waals surface area contributed by atoms with Gasteiger partial charge >= 0.3 is 0 Å². The Morgan fingerprint density at radius 1 is 1.48 bits per heavy atom. The zero-order valence-electron chi connectivity index (χ0n) is 11.9. The van der Waals surface area contributed by atoms with Crippen molar-refractivity contribution in [2.75, 3.05) is 0 Å². The largest absolute Gasteiger partial charge is 0.283 e. The smallest absolute Gasteiger partial charge is 0.266 e. The molecule has 1 aliphatic rings. The highest BCUT2D eigenvalue weighted by Crippen LogP contribution is 2.35. The van der Waals surface area contributed by atoms with E-state index in [1.54, 1.807) is 0 Å². The van der Waals surface area contributed by atoms with E-state index in [2.05, 4.69) is 17.5 Å². The first-order valence-corrected chi connectivity index (χ1v) is 8.44. The predicted molar refractivity (Wildman–Crippen MR) is 89.4 cm³/mol. The third-order valence-electron chi connectivity index (χ3n) is 3.99. The second-order valence-corrected chi connectivity index (χ2v) is 6.71. The van der Waals surface area contributed by atoms with E-state index in [4.69, 9.17) is 11.6 Å². The van der Waals surface area contributed by atoms with E-state index in [0.29, 0.717) is 15.8 Å². The topological polar surface area (TPSA) is 41.5 Å². The van der Waals surface area contributed by atoms with Crippen molar-refractivity contribution in [3.05, 3.63) is 34.2 Å². The summed E-state index contributed by atoms with van der Waals surface area (Å²) in [5.41, 5.74) is 3.80.